The number of aliphatic hydroxyl groups is 3. The summed E-state index contributed by atoms with van der Waals surface area (Å²) in [7, 11) is 0. The smallest absolute Gasteiger partial charge is 0.211 e. The molecule has 0 aliphatic carbocycles. The molecule has 1 saturated heterocycles. The summed E-state index contributed by atoms with van der Waals surface area (Å²) in [5.74, 6) is 0. The van der Waals surface area contributed by atoms with Gasteiger partial charge in [0.2, 0.25) is 3.83 Å². The second kappa shape index (κ2) is 4.29. The Morgan fingerprint density at radius 1 is 1.47 bits per heavy atom. The van der Waals surface area contributed by atoms with Crippen LogP contribution in [0.2, 0.25) is 0 Å². The van der Waals surface area contributed by atoms with Crippen LogP contribution >= 0.6 is 22.6 Å². The molecule has 1 aliphatic heterocycles. The van der Waals surface area contributed by atoms with E-state index >= 15 is 0 Å². The summed E-state index contributed by atoms with van der Waals surface area (Å²) in [5.41, 5.74) is 0. The fraction of sp³-hybridized carbons (Fsp3) is 0.714. The maximum atomic E-state index is 9.64. The highest BCUT2D eigenvalue weighted by atomic mass is 127. The lowest BCUT2D eigenvalue weighted by molar-refractivity contribution is -0.0589. The highest BCUT2D eigenvalue weighted by Crippen LogP contribution is 2.28. The second-order valence-corrected chi connectivity index (χ2v) is 4.19. The molecule has 8 heteroatoms. The molecule has 2 heterocycles. The summed E-state index contributed by atoms with van der Waals surface area (Å²) in [5, 5.41) is 32.0. The van der Waals surface area contributed by atoms with E-state index in [-0.39, 0.29) is 6.61 Å². The molecule has 84 valence electrons. The van der Waals surface area contributed by atoms with Crippen LogP contribution in [-0.4, -0.2) is 55.0 Å². The van der Waals surface area contributed by atoms with Crippen LogP contribution in [0.4, 0.5) is 0 Å². The molecule has 1 aromatic rings. The summed E-state index contributed by atoms with van der Waals surface area (Å²) in [6.45, 7) is -0.347. The molecule has 1 aromatic heterocycles. The maximum absolute atomic E-state index is 9.64. The summed E-state index contributed by atoms with van der Waals surface area (Å²) in [6, 6.07) is 0. The average Bonchev–Trinajstić information content (AvgIpc) is 2.74. The second-order valence-electron chi connectivity index (χ2n) is 3.22. The zero-order valence-electron chi connectivity index (χ0n) is 7.56. The molecule has 4 atom stereocenters. The number of rotatable bonds is 2. The van der Waals surface area contributed by atoms with E-state index in [9.17, 15) is 10.2 Å². The van der Waals surface area contributed by atoms with Crippen LogP contribution in [0, 0.1) is 3.83 Å². The summed E-state index contributed by atoms with van der Waals surface area (Å²) in [4.78, 5) is 3.87. The van der Waals surface area contributed by atoms with E-state index in [1.165, 1.54) is 11.0 Å². The molecule has 0 amide bonds. The van der Waals surface area contributed by atoms with Gasteiger partial charge in [0.05, 0.1) is 6.61 Å². The molecule has 1 fully saturated rings. The van der Waals surface area contributed by atoms with Gasteiger partial charge in [0.1, 0.15) is 24.6 Å². The Morgan fingerprint density at radius 3 is 2.67 bits per heavy atom. The van der Waals surface area contributed by atoms with Crippen molar-refractivity contribution in [2.45, 2.75) is 24.5 Å². The molecular formula is C7H10IN3O4. The standard InChI is InChI=1S/C7H10IN3O4/c8-7-9-2-11(10-7)6-5(14)4(13)3(1-12)15-6/h2-6,12-14H,1H2/t3-,4?,5?,6-/m1/s1. The van der Waals surface area contributed by atoms with Crippen molar-refractivity contribution in [2.24, 2.45) is 0 Å². The lowest BCUT2D eigenvalue weighted by atomic mass is 10.1. The number of halogens is 1. The number of ether oxygens (including phenoxy) is 1. The molecule has 1 aliphatic rings. The van der Waals surface area contributed by atoms with Crippen molar-refractivity contribution in [3.8, 4) is 0 Å². The van der Waals surface area contributed by atoms with Crippen LogP contribution in [0.5, 0.6) is 0 Å². The molecule has 7 nitrogen and oxygen atoms in total. The van der Waals surface area contributed by atoms with Gasteiger partial charge in [-0.25, -0.2) is 9.67 Å². The number of hydrogen-bond donors (Lipinski definition) is 3. The summed E-state index contributed by atoms with van der Waals surface area (Å²) >= 11 is 1.92. The van der Waals surface area contributed by atoms with Crippen molar-refractivity contribution < 1.29 is 20.1 Å². The lowest BCUT2D eigenvalue weighted by Crippen LogP contribution is -2.33. The van der Waals surface area contributed by atoms with Gasteiger partial charge in [-0.2, -0.15) is 0 Å². The molecular weight excluding hydrogens is 317 g/mol. The Kier molecular flexibility index (Phi) is 3.21. The predicted octanol–water partition coefficient (Wildman–Crippen LogP) is -1.51. The number of hydrogen-bond acceptors (Lipinski definition) is 6. The first kappa shape index (κ1) is 11.2. The van der Waals surface area contributed by atoms with E-state index in [2.05, 4.69) is 10.1 Å². The van der Waals surface area contributed by atoms with Crippen LogP contribution in [0.1, 0.15) is 6.23 Å². The highest BCUT2D eigenvalue weighted by molar-refractivity contribution is 14.1. The van der Waals surface area contributed by atoms with Crippen LogP contribution in [0.15, 0.2) is 6.33 Å². The first-order chi connectivity index (χ1) is 7.13. The monoisotopic (exact) mass is 327 g/mol. The maximum Gasteiger partial charge on any atom is 0.211 e. The predicted molar refractivity (Wildman–Crippen MR) is 55.7 cm³/mol. The Hall–Kier alpha value is -0.290. The van der Waals surface area contributed by atoms with Crippen molar-refractivity contribution in [3.05, 3.63) is 10.2 Å². The van der Waals surface area contributed by atoms with E-state index in [1.54, 1.807) is 0 Å². The van der Waals surface area contributed by atoms with Gasteiger partial charge in [0.15, 0.2) is 6.23 Å². The van der Waals surface area contributed by atoms with E-state index in [0.717, 1.165) is 0 Å². The SMILES string of the molecule is OC[C@H]1O[C@@H](n2cnc(I)n2)C(O)C1O. The number of aliphatic hydroxyl groups excluding tert-OH is 3. The first-order valence-corrected chi connectivity index (χ1v) is 5.40. The zero-order chi connectivity index (χ0) is 11.0. The third-order valence-corrected chi connectivity index (χ3v) is 2.75. The van der Waals surface area contributed by atoms with Gasteiger partial charge in [-0.3, -0.25) is 0 Å². The van der Waals surface area contributed by atoms with Crippen molar-refractivity contribution in [3.63, 3.8) is 0 Å². The van der Waals surface area contributed by atoms with E-state index in [0.29, 0.717) is 3.83 Å². The molecule has 0 bridgehead atoms. The molecule has 0 saturated carbocycles. The topological polar surface area (TPSA) is 101 Å². The molecule has 0 radical (unpaired) electrons. The normalized spacial score (nSPS) is 36.0. The van der Waals surface area contributed by atoms with Crippen LogP contribution < -0.4 is 0 Å². The third-order valence-electron chi connectivity index (χ3n) is 2.26. The van der Waals surface area contributed by atoms with E-state index in [4.69, 9.17) is 9.84 Å². The van der Waals surface area contributed by atoms with Crippen LogP contribution in [-0.2, 0) is 4.74 Å². The first-order valence-electron chi connectivity index (χ1n) is 4.32. The number of nitrogens with zero attached hydrogens (tertiary/aromatic N) is 3. The van der Waals surface area contributed by atoms with Gasteiger partial charge in [-0.05, 0) is 0 Å². The minimum absolute atomic E-state index is 0.347. The Morgan fingerprint density at radius 2 is 2.20 bits per heavy atom. The highest BCUT2D eigenvalue weighted by Gasteiger charge is 2.43. The fourth-order valence-electron chi connectivity index (χ4n) is 1.47. The van der Waals surface area contributed by atoms with Crippen molar-refractivity contribution in [1.29, 1.82) is 0 Å². The summed E-state index contributed by atoms with van der Waals surface area (Å²) in [6.07, 6.45) is -2.40. The van der Waals surface area contributed by atoms with Crippen molar-refractivity contribution in [1.82, 2.24) is 14.8 Å². The molecule has 2 rings (SSSR count). The molecule has 0 spiro atoms. The largest absolute Gasteiger partial charge is 0.394 e. The minimum atomic E-state index is -1.11. The van der Waals surface area contributed by atoms with E-state index in [1.807, 2.05) is 22.6 Å². The van der Waals surface area contributed by atoms with Crippen molar-refractivity contribution >= 4 is 22.6 Å². The number of aromatic nitrogens is 3. The molecule has 15 heavy (non-hydrogen) atoms. The van der Waals surface area contributed by atoms with Crippen molar-refractivity contribution in [2.75, 3.05) is 6.61 Å². The van der Waals surface area contributed by atoms with Gasteiger partial charge in [-0.1, -0.05) is 0 Å². The van der Waals surface area contributed by atoms with Gasteiger partial charge >= 0.3 is 0 Å². The van der Waals surface area contributed by atoms with Gasteiger partial charge in [-0.15, -0.1) is 5.10 Å². The molecule has 2 unspecified atom stereocenters. The molecule has 3 N–H and O–H groups in total. The molecule has 0 aromatic carbocycles. The van der Waals surface area contributed by atoms with Crippen LogP contribution in [0.3, 0.4) is 0 Å². The van der Waals surface area contributed by atoms with Gasteiger partial charge < -0.3 is 20.1 Å². The van der Waals surface area contributed by atoms with Gasteiger partial charge in [0.25, 0.3) is 0 Å². The Labute approximate surface area is 98.8 Å². The van der Waals surface area contributed by atoms with E-state index < -0.39 is 24.5 Å². The third kappa shape index (κ3) is 1.99. The average molecular weight is 327 g/mol. The minimum Gasteiger partial charge on any atom is -0.394 e. The Balaban J connectivity index is 2.18. The zero-order valence-corrected chi connectivity index (χ0v) is 9.72. The van der Waals surface area contributed by atoms with Crippen LogP contribution in [0.25, 0.3) is 0 Å². The quantitative estimate of drug-likeness (QED) is 0.572. The Bertz CT molecular complexity index is 347. The summed E-state index contributed by atoms with van der Waals surface area (Å²) < 4.78 is 7.09. The van der Waals surface area contributed by atoms with Gasteiger partial charge in [0, 0.05) is 22.6 Å². The lowest BCUT2D eigenvalue weighted by Gasteiger charge is -2.13. The fourth-order valence-corrected chi connectivity index (χ4v) is 1.85.